The van der Waals surface area contributed by atoms with E-state index in [4.69, 9.17) is 9.84 Å². The summed E-state index contributed by atoms with van der Waals surface area (Å²) >= 11 is 0. The molecule has 0 heterocycles. The van der Waals surface area contributed by atoms with Gasteiger partial charge in [-0.05, 0) is 12.3 Å². The minimum absolute atomic E-state index is 0.159. The van der Waals surface area contributed by atoms with Crippen LogP contribution >= 0.6 is 0 Å². The fraction of sp³-hybridized carbons (Fsp3) is 0.778. The monoisotopic (exact) mass is 188 g/mol. The van der Waals surface area contributed by atoms with Gasteiger partial charge in [0.05, 0.1) is 0 Å². The molecule has 1 atom stereocenters. The van der Waals surface area contributed by atoms with E-state index in [2.05, 4.69) is 0 Å². The fourth-order valence-corrected chi connectivity index (χ4v) is 0.539. The number of hydrogen-bond donors (Lipinski definition) is 1. The van der Waals surface area contributed by atoms with Crippen LogP contribution in [-0.4, -0.2) is 23.1 Å². The van der Waals surface area contributed by atoms with E-state index >= 15 is 0 Å². The summed E-state index contributed by atoms with van der Waals surface area (Å²) in [6, 6.07) is 0. The summed E-state index contributed by atoms with van der Waals surface area (Å²) in [4.78, 5) is 21.0. The van der Waals surface area contributed by atoms with Crippen molar-refractivity contribution in [1.29, 1.82) is 0 Å². The first-order chi connectivity index (χ1) is 5.73. The molecule has 0 radical (unpaired) electrons. The van der Waals surface area contributed by atoms with Crippen LogP contribution in [0.2, 0.25) is 0 Å². The molecule has 1 unspecified atom stereocenters. The van der Waals surface area contributed by atoms with Crippen LogP contribution in [0.4, 0.5) is 0 Å². The summed E-state index contributed by atoms with van der Waals surface area (Å²) in [6.07, 6.45) is -0.847. The molecule has 0 fully saturated rings. The van der Waals surface area contributed by atoms with Crippen LogP contribution in [0.25, 0.3) is 0 Å². The van der Waals surface area contributed by atoms with Gasteiger partial charge < -0.3 is 9.84 Å². The third-order valence-electron chi connectivity index (χ3n) is 1.82. The fourth-order valence-electron chi connectivity index (χ4n) is 0.539. The summed E-state index contributed by atoms with van der Waals surface area (Å²) in [5, 5.41) is 8.30. The molecule has 0 saturated carbocycles. The first kappa shape index (κ1) is 11.9. The molecule has 0 spiro atoms. The molecule has 0 saturated heterocycles. The van der Waals surface area contributed by atoms with Crippen LogP contribution in [0.3, 0.4) is 0 Å². The summed E-state index contributed by atoms with van der Waals surface area (Å²) in [6.45, 7) is 7.52. The lowest BCUT2D eigenvalue weighted by Gasteiger charge is -2.26. The molecule has 76 valence electrons. The van der Waals surface area contributed by atoms with Crippen LogP contribution in [0.5, 0.6) is 0 Å². The Morgan fingerprint density at radius 2 is 1.85 bits per heavy atom. The van der Waals surface area contributed by atoms with Gasteiger partial charge in [0, 0.05) is 0 Å². The summed E-state index contributed by atoms with van der Waals surface area (Å²) in [7, 11) is 0. The lowest BCUT2D eigenvalue weighted by Crippen LogP contribution is -2.29. The molecule has 0 aromatic carbocycles. The van der Waals surface area contributed by atoms with E-state index in [9.17, 15) is 9.59 Å². The van der Waals surface area contributed by atoms with Crippen molar-refractivity contribution in [3.05, 3.63) is 0 Å². The minimum atomic E-state index is -1.16. The molecular formula is C9H16O4. The average molecular weight is 188 g/mol. The van der Waals surface area contributed by atoms with Crippen LogP contribution in [0.15, 0.2) is 0 Å². The van der Waals surface area contributed by atoms with Gasteiger partial charge in [-0.15, -0.1) is 0 Å². The van der Waals surface area contributed by atoms with Crippen molar-refractivity contribution in [3.8, 4) is 0 Å². The van der Waals surface area contributed by atoms with Gasteiger partial charge in [0.25, 0.3) is 0 Å². The topological polar surface area (TPSA) is 63.6 Å². The highest BCUT2D eigenvalue weighted by molar-refractivity contribution is 5.90. The Hall–Kier alpha value is -1.06. The zero-order valence-electron chi connectivity index (χ0n) is 8.46. The predicted molar refractivity (Wildman–Crippen MR) is 47.3 cm³/mol. The van der Waals surface area contributed by atoms with Crippen molar-refractivity contribution in [2.45, 2.75) is 40.2 Å². The van der Waals surface area contributed by atoms with Gasteiger partial charge in [0.15, 0.2) is 0 Å². The molecule has 0 aliphatic rings. The van der Waals surface area contributed by atoms with Crippen LogP contribution in [0.1, 0.15) is 34.1 Å². The normalized spacial score (nSPS) is 13.5. The second kappa shape index (κ2) is 4.25. The summed E-state index contributed by atoms with van der Waals surface area (Å²) in [5.41, 5.74) is -0.159. The number of carboxylic acid groups (broad SMARTS) is 1. The number of aliphatic carboxylic acids is 1. The van der Waals surface area contributed by atoms with Crippen molar-refractivity contribution in [1.82, 2.24) is 0 Å². The van der Waals surface area contributed by atoms with E-state index in [1.54, 1.807) is 6.92 Å². The van der Waals surface area contributed by atoms with Crippen LogP contribution in [-0.2, 0) is 14.3 Å². The third kappa shape index (κ3) is 5.22. The number of rotatable bonds is 3. The minimum Gasteiger partial charge on any atom is -0.481 e. The second-order valence-electron chi connectivity index (χ2n) is 4.07. The van der Waals surface area contributed by atoms with Gasteiger partial charge in [-0.25, -0.2) is 0 Å². The van der Waals surface area contributed by atoms with Crippen molar-refractivity contribution in [3.63, 3.8) is 0 Å². The average Bonchev–Trinajstić information content (AvgIpc) is 1.82. The third-order valence-corrected chi connectivity index (χ3v) is 1.82. The van der Waals surface area contributed by atoms with Crippen LogP contribution in [0, 0.1) is 5.41 Å². The highest BCUT2D eigenvalue weighted by Crippen LogP contribution is 2.21. The summed E-state index contributed by atoms with van der Waals surface area (Å²) in [5.74, 6) is -1.85. The highest BCUT2D eigenvalue weighted by Gasteiger charge is 2.24. The van der Waals surface area contributed by atoms with Crippen molar-refractivity contribution in [2.24, 2.45) is 5.41 Å². The molecule has 0 rings (SSSR count). The van der Waals surface area contributed by atoms with E-state index in [0.29, 0.717) is 0 Å². The van der Waals surface area contributed by atoms with E-state index in [-0.39, 0.29) is 11.5 Å². The van der Waals surface area contributed by atoms with Gasteiger partial charge in [-0.1, -0.05) is 20.8 Å². The largest absolute Gasteiger partial charge is 0.481 e. The SMILES string of the molecule is CC(OC(=O)CC(=O)O)C(C)(C)C. The maximum absolute atomic E-state index is 10.9. The van der Waals surface area contributed by atoms with E-state index in [1.165, 1.54) is 0 Å². The van der Waals surface area contributed by atoms with E-state index in [0.717, 1.165) is 0 Å². The smallest absolute Gasteiger partial charge is 0.317 e. The zero-order chi connectivity index (χ0) is 10.6. The Labute approximate surface area is 77.9 Å². The molecule has 1 N–H and O–H groups in total. The Bertz CT molecular complexity index is 202. The Kier molecular flexibility index (Phi) is 3.91. The molecular weight excluding hydrogens is 172 g/mol. The molecule has 0 aliphatic carbocycles. The first-order valence-electron chi connectivity index (χ1n) is 4.14. The quantitative estimate of drug-likeness (QED) is 0.537. The number of esters is 1. The van der Waals surface area contributed by atoms with E-state index < -0.39 is 18.4 Å². The maximum atomic E-state index is 10.9. The zero-order valence-corrected chi connectivity index (χ0v) is 8.46. The standard InChI is InChI=1S/C9H16O4/c1-6(9(2,3)4)13-8(12)5-7(10)11/h6H,5H2,1-4H3,(H,10,11). The molecule has 4 nitrogen and oxygen atoms in total. The Morgan fingerprint density at radius 1 is 1.38 bits per heavy atom. The molecule has 13 heavy (non-hydrogen) atoms. The maximum Gasteiger partial charge on any atom is 0.317 e. The van der Waals surface area contributed by atoms with Gasteiger partial charge in [0.1, 0.15) is 12.5 Å². The van der Waals surface area contributed by atoms with E-state index in [1.807, 2.05) is 20.8 Å². The second-order valence-corrected chi connectivity index (χ2v) is 4.07. The lowest BCUT2D eigenvalue weighted by atomic mass is 9.90. The first-order valence-corrected chi connectivity index (χ1v) is 4.14. The highest BCUT2D eigenvalue weighted by atomic mass is 16.5. The molecule has 0 amide bonds. The number of ether oxygens (including phenoxy) is 1. The van der Waals surface area contributed by atoms with Crippen molar-refractivity contribution in [2.75, 3.05) is 0 Å². The Balaban J connectivity index is 4.00. The van der Waals surface area contributed by atoms with Gasteiger partial charge in [-0.2, -0.15) is 0 Å². The van der Waals surface area contributed by atoms with Crippen molar-refractivity contribution >= 4 is 11.9 Å². The van der Waals surface area contributed by atoms with Crippen LogP contribution < -0.4 is 0 Å². The number of carbonyl (C=O) groups excluding carboxylic acids is 1. The number of carboxylic acids is 1. The molecule has 0 aromatic heterocycles. The van der Waals surface area contributed by atoms with Gasteiger partial charge in [-0.3, -0.25) is 9.59 Å². The van der Waals surface area contributed by atoms with Crippen molar-refractivity contribution < 1.29 is 19.4 Å². The lowest BCUT2D eigenvalue weighted by molar-refractivity contribution is -0.158. The summed E-state index contributed by atoms with van der Waals surface area (Å²) < 4.78 is 4.91. The number of hydrogen-bond acceptors (Lipinski definition) is 3. The Morgan fingerprint density at radius 3 is 2.15 bits per heavy atom. The van der Waals surface area contributed by atoms with Gasteiger partial charge in [0.2, 0.25) is 0 Å². The molecule has 0 aliphatic heterocycles. The van der Waals surface area contributed by atoms with Gasteiger partial charge >= 0.3 is 11.9 Å². The molecule has 4 heteroatoms. The predicted octanol–water partition coefficient (Wildman–Crippen LogP) is 1.44. The molecule has 0 aromatic rings. The number of carbonyl (C=O) groups is 2. The molecule has 0 bridgehead atoms.